The average molecular weight is 549 g/mol. The number of ether oxygens (including phenoxy) is 1. The smallest absolute Gasteiger partial charge is 0.178 e. The van der Waals surface area contributed by atoms with Crippen LogP contribution in [-0.4, -0.2) is 6.26 Å². The molecule has 200 valence electrons. The number of rotatable bonds is 3. The molecule has 3 aliphatic carbocycles. The number of thioether (sulfide) groups is 1. The maximum atomic E-state index is 7.49. The van der Waals surface area contributed by atoms with Crippen LogP contribution in [0.2, 0.25) is 0 Å². The maximum Gasteiger partial charge on any atom is 0.178 e. The van der Waals surface area contributed by atoms with Crippen molar-refractivity contribution in [3.05, 3.63) is 137 Å². The maximum absolute atomic E-state index is 7.49. The van der Waals surface area contributed by atoms with Crippen molar-refractivity contribution < 1.29 is 4.74 Å². The van der Waals surface area contributed by atoms with E-state index in [1.165, 1.54) is 63.6 Å². The van der Waals surface area contributed by atoms with Gasteiger partial charge in [-0.25, -0.2) is 0 Å². The zero-order valence-electron chi connectivity index (χ0n) is 23.3. The van der Waals surface area contributed by atoms with Crippen LogP contribution in [0.5, 0.6) is 5.75 Å². The van der Waals surface area contributed by atoms with Gasteiger partial charge in [0.15, 0.2) is 5.60 Å². The van der Waals surface area contributed by atoms with Crippen LogP contribution in [0.4, 0.5) is 0 Å². The summed E-state index contributed by atoms with van der Waals surface area (Å²) in [5, 5.41) is 2.53. The molecule has 0 amide bonds. The molecule has 1 aliphatic heterocycles. The molecule has 5 aromatic rings. The van der Waals surface area contributed by atoms with Gasteiger partial charge in [0.05, 0.1) is 0 Å². The molecule has 0 saturated heterocycles. The summed E-state index contributed by atoms with van der Waals surface area (Å²) in [6, 6.07) is 38.0. The topological polar surface area (TPSA) is 9.23 Å². The minimum atomic E-state index is -0.699. The van der Waals surface area contributed by atoms with E-state index in [0.717, 1.165) is 22.8 Å². The molecule has 2 fully saturated rings. The van der Waals surface area contributed by atoms with E-state index in [4.69, 9.17) is 4.74 Å². The molecule has 41 heavy (non-hydrogen) atoms. The monoisotopic (exact) mass is 548 g/mol. The van der Waals surface area contributed by atoms with E-state index in [2.05, 4.69) is 122 Å². The van der Waals surface area contributed by atoms with E-state index in [1.807, 2.05) is 0 Å². The van der Waals surface area contributed by atoms with Gasteiger partial charge >= 0.3 is 0 Å². The minimum absolute atomic E-state index is 0.0867. The SMILES string of the molecule is CSc1ccc(C2(c3ccccc3)C=Cc3c4c(c5ccccc5c3O2)-c2ccccc2C42CC3CCC2C3)cc1. The Morgan fingerprint density at radius 1 is 0.756 bits per heavy atom. The number of benzene rings is 5. The van der Waals surface area contributed by atoms with Crippen LogP contribution in [0, 0.1) is 11.8 Å². The van der Waals surface area contributed by atoms with Crippen LogP contribution in [0.3, 0.4) is 0 Å². The van der Waals surface area contributed by atoms with E-state index < -0.39 is 5.60 Å². The summed E-state index contributed by atoms with van der Waals surface area (Å²) < 4.78 is 7.49. The summed E-state index contributed by atoms with van der Waals surface area (Å²) in [5.74, 6) is 2.57. The molecule has 4 unspecified atom stereocenters. The lowest BCUT2D eigenvalue weighted by atomic mass is 9.65. The first kappa shape index (κ1) is 23.9. The summed E-state index contributed by atoms with van der Waals surface area (Å²) in [7, 11) is 0. The molecule has 2 heteroatoms. The van der Waals surface area contributed by atoms with Gasteiger partial charge in [-0.3, -0.25) is 0 Å². The molecule has 2 saturated carbocycles. The third kappa shape index (κ3) is 3.09. The Hall–Kier alpha value is -3.75. The molecule has 0 radical (unpaired) electrons. The quantitative estimate of drug-likeness (QED) is 0.208. The van der Waals surface area contributed by atoms with Crippen molar-refractivity contribution in [2.24, 2.45) is 11.8 Å². The van der Waals surface area contributed by atoms with Crippen LogP contribution in [-0.2, 0) is 11.0 Å². The van der Waals surface area contributed by atoms with Crippen LogP contribution < -0.4 is 4.74 Å². The number of hydrogen-bond donors (Lipinski definition) is 0. The molecule has 1 spiro atoms. The highest BCUT2D eigenvalue weighted by Gasteiger charge is 2.58. The van der Waals surface area contributed by atoms with Gasteiger partial charge in [0, 0.05) is 32.4 Å². The van der Waals surface area contributed by atoms with Crippen molar-refractivity contribution >= 4 is 28.6 Å². The van der Waals surface area contributed by atoms with Gasteiger partial charge in [-0.05, 0) is 83.2 Å². The predicted molar refractivity (Wildman–Crippen MR) is 171 cm³/mol. The first-order valence-corrected chi connectivity index (χ1v) is 16.2. The summed E-state index contributed by atoms with van der Waals surface area (Å²) in [6.45, 7) is 0. The van der Waals surface area contributed by atoms with E-state index >= 15 is 0 Å². The average Bonchev–Trinajstić information content (AvgIpc) is 3.74. The normalized spacial score (nSPS) is 26.7. The molecular weight excluding hydrogens is 516 g/mol. The lowest BCUT2D eigenvalue weighted by Gasteiger charge is -2.41. The zero-order valence-corrected chi connectivity index (χ0v) is 24.1. The van der Waals surface area contributed by atoms with Gasteiger partial charge in [-0.15, -0.1) is 11.8 Å². The lowest BCUT2D eigenvalue weighted by Crippen LogP contribution is -2.36. The van der Waals surface area contributed by atoms with Gasteiger partial charge in [0.2, 0.25) is 0 Å². The van der Waals surface area contributed by atoms with Gasteiger partial charge in [0.1, 0.15) is 5.75 Å². The van der Waals surface area contributed by atoms with Crippen LogP contribution >= 0.6 is 11.8 Å². The summed E-state index contributed by atoms with van der Waals surface area (Å²) in [5.41, 5.74) is 8.99. The summed E-state index contributed by atoms with van der Waals surface area (Å²) >= 11 is 1.77. The fourth-order valence-corrected chi connectivity index (χ4v) is 9.44. The molecule has 9 rings (SSSR count). The van der Waals surface area contributed by atoms with Crippen molar-refractivity contribution in [3.63, 3.8) is 0 Å². The molecule has 1 nitrogen and oxygen atoms in total. The van der Waals surface area contributed by atoms with Crippen molar-refractivity contribution in [2.45, 2.75) is 41.6 Å². The Balaban J connectivity index is 1.36. The predicted octanol–water partition coefficient (Wildman–Crippen LogP) is 10.00. The van der Waals surface area contributed by atoms with E-state index in [9.17, 15) is 0 Å². The molecule has 1 heterocycles. The second-order valence-electron chi connectivity index (χ2n) is 12.4. The minimum Gasteiger partial charge on any atom is -0.472 e. The van der Waals surface area contributed by atoms with Gasteiger partial charge in [-0.1, -0.05) is 103 Å². The number of hydrogen-bond acceptors (Lipinski definition) is 2. The van der Waals surface area contributed by atoms with Crippen LogP contribution in [0.25, 0.3) is 28.0 Å². The van der Waals surface area contributed by atoms with Gasteiger partial charge in [-0.2, -0.15) is 0 Å². The fraction of sp³-hybridized carbons (Fsp3) is 0.231. The summed E-state index contributed by atoms with van der Waals surface area (Å²) in [6.07, 6.45) is 12.2. The van der Waals surface area contributed by atoms with E-state index in [-0.39, 0.29) is 5.41 Å². The van der Waals surface area contributed by atoms with E-state index in [0.29, 0.717) is 5.92 Å². The van der Waals surface area contributed by atoms with Crippen molar-refractivity contribution in [3.8, 4) is 16.9 Å². The third-order valence-electron chi connectivity index (χ3n) is 10.6. The Morgan fingerprint density at radius 3 is 2.24 bits per heavy atom. The van der Waals surface area contributed by atoms with E-state index in [1.54, 1.807) is 17.3 Å². The zero-order chi connectivity index (χ0) is 27.2. The fourth-order valence-electron chi connectivity index (χ4n) is 9.03. The molecule has 0 aromatic heterocycles. The Bertz CT molecular complexity index is 1870. The highest BCUT2D eigenvalue weighted by Crippen LogP contribution is 2.68. The molecule has 4 atom stereocenters. The van der Waals surface area contributed by atoms with Crippen LogP contribution in [0.15, 0.2) is 114 Å². The van der Waals surface area contributed by atoms with Crippen molar-refractivity contribution in [2.75, 3.05) is 6.26 Å². The molecular formula is C39H32OS. The molecule has 0 N–H and O–H groups in total. The molecule has 4 aliphatic rings. The highest BCUT2D eigenvalue weighted by molar-refractivity contribution is 7.98. The Labute approximate surface area is 246 Å². The Morgan fingerprint density at radius 2 is 1.49 bits per heavy atom. The lowest BCUT2D eigenvalue weighted by molar-refractivity contribution is 0.163. The standard InChI is InChI=1S/C39H32OS/c1-41-29-19-17-27(18-20-29)39(26-9-3-2-4-10-26)22-21-33-36-35(30-11-5-6-12-31(30)37(33)40-39)32-13-7-8-14-34(32)38(36)24-25-15-16-28(38)23-25/h2-14,17-22,25,28H,15-16,23-24H2,1H3. The third-order valence-corrected chi connectivity index (χ3v) is 11.4. The second kappa shape index (κ2) is 8.63. The first-order valence-electron chi connectivity index (χ1n) is 15.0. The Kier molecular flexibility index (Phi) is 5.03. The largest absolute Gasteiger partial charge is 0.472 e. The molecule has 5 aromatic carbocycles. The van der Waals surface area contributed by atoms with Crippen LogP contribution in [0.1, 0.15) is 53.5 Å². The van der Waals surface area contributed by atoms with Gasteiger partial charge in [0.25, 0.3) is 0 Å². The first-order chi connectivity index (χ1) is 20.2. The summed E-state index contributed by atoms with van der Waals surface area (Å²) in [4.78, 5) is 1.26. The molecule has 2 bridgehead atoms. The highest BCUT2D eigenvalue weighted by atomic mass is 32.2. The van der Waals surface area contributed by atoms with Gasteiger partial charge < -0.3 is 4.74 Å². The van der Waals surface area contributed by atoms with Crippen molar-refractivity contribution in [1.82, 2.24) is 0 Å². The van der Waals surface area contributed by atoms with Crippen molar-refractivity contribution in [1.29, 1.82) is 0 Å². The second-order valence-corrected chi connectivity index (χ2v) is 13.3. The number of fused-ring (bicyclic) bond motifs is 13.